The minimum absolute atomic E-state index is 0.199. The predicted molar refractivity (Wildman–Crippen MR) is 90.4 cm³/mol. The molecule has 2 aromatic rings. The number of aryl methyl sites for hydroxylation is 3. The molecule has 1 aromatic heterocycles. The number of anilines is 1. The van der Waals surface area contributed by atoms with Gasteiger partial charge in [-0.25, -0.2) is 4.79 Å². The molecular formula is C18H22N2O3. The van der Waals surface area contributed by atoms with Crippen LogP contribution in [-0.4, -0.2) is 21.6 Å². The van der Waals surface area contributed by atoms with Gasteiger partial charge >= 0.3 is 5.97 Å². The molecule has 0 aliphatic rings. The summed E-state index contributed by atoms with van der Waals surface area (Å²) in [5.41, 5.74) is 4.79. The van der Waals surface area contributed by atoms with E-state index in [1.54, 1.807) is 13.0 Å². The number of aromatic carboxylic acids is 1. The number of rotatable bonds is 4. The Morgan fingerprint density at radius 3 is 2.22 bits per heavy atom. The topological polar surface area (TPSA) is 71.3 Å². The zero-order chi connectivity index (χ0) is 17.3. The molecule has 1 amide bonds. The van der Waals surface area contributed by atoms with Crippen LogP contribution in [-0.2, 0) is 6.54 Å². The van der Waals surface area contributed by atoms with Gasteiger partial charge in [-0.05, 0) is 57.9 Å². The smallest absolute Gasteiger partial charge is 0.336 e. The molecular weight excluding hydrogens is 292 g/mol. The summed E-state index contributed by atoms with van der Waals surface area (Å²) in [6.07, 6.45) is 0. The summed E-state index contributed by atoms with van der Waals surface area (Å²) >= 11 is 0. The quantitative estimate of drug-likeness (QED) is 0.904. The Morgan fingerprint density at radius 2 is 1.70 bits per heavy atom. The molecule has 0 unspecified atom stereocenters. The molecule has 5 heteroatoms. The standard InChI is InChI=1S/C18H22N2O3/c1-6-20-12(4)8-15(13(20)5)17(21)19-16-9-14(18(22)23)10(2)7-11(16)3/h7-9H,6H2,1-5H3,(H,19,21)(H,22,23). The number of hydrogen-bond donors (Lipinski definition) is 2. The van der Waals surface area contributed by atoms with E-state index in [1.807, 2.05) is 33.8 Å². The van der Waals surface area contributed by atoms with Crippen LogP contribution in [0, 0.1) is 27.7 Å². The fraction of sp³-hybridized carbons (Fsp3) is 0.333. The zero-order valence-electron chi connectivity index (χ0n) is 14.2. The number of hydrogen-bond acceptors (Lipinski definition) is 2. The van der Waals surface area contributed by atoms with E-state index in [4.69, 9.17) is 0 Å². The Kier molecular flexibility index (Phi) is 4.59. The van der Waals surface area contributed by atoms with E-state index in [-0.39, 0.29) is 11.5 Å². The van der Waals surface area contributed by atoms with E-state index >= 15 is 0 Å². The molecule has 122 valence electrons. The molecule has 0 fully saturated rings. The number of nitrogens with zero attached hydrogens (tertiary/aromatic N) is 1. The minimum atomic E-state index is -0.998. The number of aromatic nitrogens is 1. The van der Waals surface area contributed by atoms with Gasteiger partial charge in [0.2, 0.25) is 0 Å². The summed E-state index contributed by atoms with van der Waals surface area (Å²) in [6.45, 7) is 10.3. The summed E-state index contributed by atoms with van der Waals surface area (Å²) in [5, 5.41) is 12.1. The Morgan fingerprint density at radius 1 is 1.04 bits per heavy atom. The highest BCUT2D eigenvalue weighted by atomic mass is 16.4. The van der Waals surface area contributed by atoms with E-state index in [0.29, 0.717) is 16.8 Å². The Labute approximate surface area is 135 Å². The maximum atomic E-state index is 12.6. The first-order chi connectivity index (χ1) is 10.8. The second-order valence-electron chi connectivity index (χ2n) is 5.77. The maximum absolute atomic E-state index is 12.6. The summed E-state index contributed by atoms with van der Waals surface area (Å²) in [5.74, 6) is -1.22. The second-order valence-corrected chi connectivity index (χ2v) is 5.77. The first kappa shape index (κ1) is 16.8. The fourth-order valence-corrected chi connectivity index (χ4v) is 2.92. The van der Waals surface area contributed by atoms with Crippen molar-refractivity contribution in [2.45, 2.75) is 41.2 Å². The van der Waals surface area contributed by atoms with Crippen LogP contribution in [0.5, 0.6) is 0 Å². The van der Waals surface area contributed by atoms with Crippen LogP contribution in [0.15, 0.2) is 18.2 Å². The van der Waals surface area contributed by atoms with E-state index in [1.165, 1.54) is 6.07 Å². The molecule has 1 aromatic carbocycles. The molecule has 0 bridgehead atoms. The molecule has 23 heavy (non-hydrogen) atoms. The van der Waals surface area contributed by atoms with Gasteiger partial charge in [0.05, 0.1) is 11.1 Å². The van der Waals surface area contributed by atoms with Gasteiger partial charge in [-0.2, -0.15) is 0 Å². The third-order valence-corrected chi connectivity index (χ3v) is 4.18. The number of amides is 1. The highest BCUT2D eigenvalue weighted by Crippen LogP contribution is 2.23. The van der Waals surface area contributed by atoms with Crippen LogP contribution in [0.25, 0.3) is 0 Å². The Bertz CT molecular complexity index is 788. The summed E-state index contributed by atoms with van der Waals surface area (Å²) in [6, 6.07) is 5.15. The Hall–Kier alpha value is -2.56. The van der Waals surface area contributed by atoms with Gasteiger partial charge in [-0.1, -0.05) is 6.07 Å². The van der Waals surface area contributed by atoms with Crippen LogP contribution in [0.3, 0.4) is 0 Å². The van der Waals surface area contributed by atoms with Crippen molar-refractivity contribution < 1.29 is 14.7 Å². The SMILES string of the molecule is CCn1c(C)cc(C(=O)Nc2cc(C(=O)O)c(C)cc2C)c1C. The molecule has 5 nitrogen and oxygen atoms in total. The predicted octanol–water partition coefficient (Wildman–Crippen LogP) is 3.69. The number of carboxylic acids is 1. The van der Waals surface area contributed by atoms with Gasteiger partial charge in [-0.15, -0.1) is 0 Å². The molecule has 0 aliphatic carbocycles. The highest BCUT2D eigenvalue weighted by molar-refractivity contribution is 6.06. The third kappa shape index (κ3) is 3.13. The van der Waals surface area contributed by atoms with Crippen LogP contribution in [0.4, 0.5) is 5.69 Å². The fourth-order valence-electron chi connectivity index (χ4n) is 2.92. The summed E-state index contributed by atoms with van der Waals surface area (Å²) < 4.78 is 2.07. The third-order valence-electron chi connectivity index (χ3n) is 4.18. The number of carboxylic acid groups (broad SMARTS) is 1. The lowest BCUT2D eigenvalue weighted by atomic mass is 10.0. The lowest BCUT2D eigenvalue weighted by Gasteiger charge is -2.12. The minimum Gasteiger partial charge on any atom is -0.478 e. The van der Waals surface area contributed by atoms with Gasteiger partial charge in [0.1, 0.15) is 0 Å². The van der Waals surface area contributed by atoms with Crippen molar-refractivity contribution in [3.63, 3.8) is 0 Å². The van der Waals surface area contributed by atoms with Gasteiger partial charge < -0.3 is 15.0 Å². The van der Waals surface area contributed by atoms with Crippen LogP contribution < -0.4 is 5.32 Å². The number of benzene rings is 1. The van der Waals surface area contributed by atoms with Crippen molar-refractivity contribution >= 4 is 17.6 Å². The van der Waals surface area contributed by atoms with Gasteiger partial charge in [0, 0.05) is 23.6 Å². The molecule has 0 radical (unpaired) electrons. The highest BCUT2D eigenvalue weighted by Gasteiger charge is 2.17. The second kappa shape index (κ2) is 6.28. The van der Waals surface area contributed by atoms with Gasteiger partial charge in [-0.3, -0.25) is 4.79 Å². The van der Waals surface area contributed by atoms with Crippen molar-refractivity contribution in [3.05, 3.63) is 51.8 Å². The number of carbonyl (C=O) groups is 2. The molecule has 2 rings (SSSR count). The molecule has 2 N–H and O–H groups in total. The number of nitrogens with one attached hydrogen (secondary N) is 1. The molecule has 0 saturated heterocycles. The van der Waals surface area contributed by atoms with Gasteiger partial charge in [0.25, 0.3) is 5.91 Å². The molecule has 0 saturated carbocycles. The average molecular weight is 314 g/mol. The summed E-state index contributed by atoms with van der Waals surface area (Å²) in [4.78, 5) is 23.8. The first-order valence-corrected chi connectivity index (χ1v) is 7.58. The largest absolute Gasteiger partial charge is 0.478 e. The van der Waals surface area contributed by atoms with E-state index < -0.39 is 5.97 Å². The zero-order valence-corrected chi connectivity index (χ0v) is 14.2. The van der Waals surface area contributed by atoms with Crippen molar-refractivity contribution in [3.8, 4) is 0 Å². The normalized spacial score (nSPS) is 10.7. The van der Waals surface area contributed by atoms with E-state index in [9.17, 15) is 14.7 Å². The molecule has 1 heterocycles. The van der Waals surface area contributed by atoms with E-state index in [0.717, 1.165) is 23.5 Å². The number of carbonyl (C=O) groups excluding carboxylic acids is 1. The van der Waals surface area contributed by atoms with Crippen LogP contribution in [0.1, 0.15) is 50.2 Å². The summed E-state index contributed by atoms with van der Waals surface area (Å²) in [7, 11) is 0. The lowest BCUT2D eigenvalue weighted by molar-refractivity contribution is 0.0695. The van der Waals surface area contributed by atoms with Crippen LogP contribution in [0.2, 0.25) is 0 Å². The van der Waals surface area contributed by atoms with Crippen molar-refractivity contribution in [1.82, 2.24) is 4.57 Å². The van der Waals surface area contributed by atoms with Crippen molar-refractivity contribution in [2.24, 2.45) is 0 Å². The molecule has 0 spiro atoms. The maximum Gasteiger partial charge on any atom is 0.336 e. The molecule has 0 atom stereocenters. The molecule has 0 aliphatic heterocycles. The first-order valence-electron chi connectivity index (χ1n) is 7.58. The van der Waals surface area contributed by atoms with Crippen molar-refractivity contribution in [1.29, 1.82) is 0 Å². The Balaban J connectivity index is 2.38. The lowest BCUT2D eigenvalue weighted by Crippen LogP contribution is -2.15. The van der Waals surface area contributed by atoms with Crippen molar-refractivity contribution in [2.75, 3.05) is 5.32 Å². The monoisotopic (exact) mass is 314 g/mol. The van der Waals surface area contributed by atoms with E-state index in [2.05, 4.69) is 9.88 Å². The van der Waals surface area contributed by atoms with Gasteiger partial charge in [0.15, 0.2) is 0 Å². The van der Waals surface area contributed by atoms with Crippen LogP contribution >= 0.6 is 0 Å². The average Bonchev–Trinajstić information content (AvgIpc) is 2.75.